The van der Waals surface area contributed by atoms with Gasteiger partial charge in [-0.05, 0) is 19.4 Å². The minimum Gasteiger partial charge on any atom is -0.320 e. The second kappa shape index (κ2) is 4.02. The molecule has 1 saturated heterocycles. The van der Waals surface area contributed by atoms with Crippen molar-refractivity contribution in [2.24, 2.45) is 0 Å². The fourth-order valence-electron chi connectivity index (χ4n) is 1.34. The van der Waals surface area contributed by atoms with E-state index in [4.69, 9.17) is 21.4 Å². The summed E-state index contributed by atoms with van der Waals surface area (Å²) in [7, 11) is -5.42. The van der Waals surface area contributed by atoms with Crippen LogP contribution in [0.2, 0.25) is 0 Å². The highest BCUT2D eigenvalue weighted by Gasteiger charge is 2.55. The van der Waals surface area contributed by atoms with Gasteiger partial charge in [0.2, 0.25) is 0 Å². The first-order valence-corrected chi connectivity index (χ1v) is 6.11. The van der Waals surface area contributed by atoms with Crippen LogP contribution in [0.4, 0.5) is 8.78 Å². The third kappa shape index (κ3) is 2.44. The van der Waals surface area contributed by atoms with Crippen LogP contribution < -0.4 is 5.32 Å². The van der Waals surface area contributed by atoms with Crippen LogP contribution in [0.15, 0.2) is 0 Å². The van der Waals surface area contributed by atoms with Crippen molar-refractivity contribution >= 4 is 19.2 Å². The van der Waals surface area contributed by atoms with Crippen molar-refractivity contribution in [3.63, 3.8) is 0 Å². The Bertz CT molecular complexity index is 259. The molecular formula is C6H11ClF2NO3P. The molecule has 2 atom stereocenters. The number of halogens is 3. The molecule has 0 aromatic carbocycles. The molecule has 0 bridgehead atoms. The van der Waals surface area contributed by atoms with Crippen LogP contribution in [-0.2, 0) is 4.57 Å². The van der Waals surface area contributed by atoms with Gasteiger partial charge >= 0.3 is 13.3 Å². The number of piperidine rings is 1. The highest BCUT2D eigenvalue weighted by atomic mass is 35.5. The number of hydrogen-bond acceptors (Lipinski definition) is 2. The van der Waals surface area contributed by atoms with Gasteiger partial charge < -0.3 is 15.1 Å². The first-order valence-electron chi connectivity index (χ1n) is 4.06. The molecule has 8 heteroatoms. The number of hydrogen-bond donors (Lipinski definition) is 3. The Balaban J connectivity index is 2.76. The molecule has 1 aliphatic rings. The lowest BCUT2D eigenvalue weighted by Crippen LogP contribution is -2.49. The van der Waals surface area contributed by atoms with E-state index in [0.29, 0.717) is 6.42 Å². The van der Waals surface area contributed by atoms with Gasteiger partial charge in [0.15, 0.2) is 0 Å². The summed E-state index contributed by atoms with van der Waals surface area (Å²) >= 11 is 5.64. The standard InChI is InChI=1S/C6H11ClF2NO3P/c7-4-1-2-10-5(3-4)6(8,9)14(11,12)13/h4-5,10H,1-3H2,(H2,11,12,13). The molecule has 0 aliphatic carbocycles. The number of nitrogens with one attached hydrogen (secondary N) is 1. The van der Waals surface area contributed by atoms with Crippen molar-refractivity contribution < 1.29 is 23.1 Å². The lowest BCUT2D eigenvalue weighted by molar-refractivity contribution is 0.0116. The molecule has 4 nitrogen and oxygen atoms in total. The van der Waals surface area contributed by atoms with Gasteiger partial charge in [0, 0.05) is 5.38 Å². The van der Waals surface area contributed by atoms with Crippen molar-refractivity contribution in [2.75, 3.05) is 6.54 Å². The van der Waals surface area contributed by atoms with E-state index in [1.54, 1.807) is 0 Å². The summed E-state index contributed by atoms with van der Waals surface area (Å²) in [6.45, 7) is 0.244. The SMILES string of the molecule is O=P(O)(O)C(F)(F)C1CC(Cl)CCN1. The van der Waals surface area contributed by atoms with Crippen LogP contribution >= 0.6 is 19.2 Å². The van der Waals surface area contributed by atoms with E-state index in [1.807, 2.05) is 0 Å². The third-order valence-electron chi connectivity index (χ3n) is 2.15. The Hall–Kier alpha value is 0.260. The van der Waals surface area contributed by atoms with Gasteiger partial charge in [-0.25, -0.2) is 0 Å². The predicted molar refractivity (Wildman–Crippen MR) is 47.7 cm³/mol. The van der Waals surface area contributed by atoms with Crippen LogP contribution in [-0.4, -0.2) is 33.4 Å². The zero-order valence-electron chi connectivity index (χ0n) is 7.16. The summed E-state index contributed by atoms with van der Waals surface area (Å²) in [5, 5.41) is 1.91. The van der Waals surface area contributed by atoms with Gasteiger partial charge in [-0.3, -0.25) is 4.57 Å². The van der Waals surface area contributed by atoms with E-state index < -0.39 is 24.7 Å². The summed E-state index contributed by atoms with van der Waals surface area (Å²) < 4.78 is 36.7. The summed E-state index contributed by atoms with van der Waals surface area (Å²) in [4.78, 5) is 16.9. The monoisotopic (exact) mass is 249 g/mol. The molecule has 2 unspecified atom stereocenters. The van der Waals surface area contributed by atoms with Crippen molar-refractivity contribution in [3.8, 4) is 0 Å². The van der Waals surface area contributed by atoms with Crippen molar-refractivity contribution in [2.45, 2.75) is 29.9 Å². The van der Waals surface area contributed by atoms with E-state index in [2.05, 4.69) is 5.32 Å². The fraction of sp³-hybridized carbons (Fsp3) is 1.00. The maximum absolute atomic E-state index is 13.1. The van der Waals surface area contributed by atoms with Crippen molar-refractivity contribution in [1.29, 1.82) is 0 Å². The van der Waals surface area contributed by atoms with Gasteiger partial charge in [0.1, 0.15) is 0 Å². The van der Waals surface area contributed by atoms with Crippen molar-refractivity contribution in [3.05, 3.63) is 0 Å². The van der Waals surface area contributed by atoms with Crippen LogP contribution in [0.5, 0.6) is 0 Å². The maximum Gasteiger partial charge on any atom is 0.396 e. The average molecular weight is 250 g/mol. The smallest absolute Gasteiger partial charge is 0.320 e. The van der Waals surface area contributed by atoms with Crippen LogP contribution in [0.3, 0.4) is 0 Å². The van der Waals surface area contributed by atoms with Crippen LogP contribution in [0, 0.1) is 0 Å². The Morgan fingerprint density at radius 2 is 2.07 bits per heavy atom. The second-order valence-corrected chi connectivity index (χ2v) is 5.56. The van der Waals surface area contributed by atoms with Gasteiger partial charge in [-0.1, -0.05) is 0 Å². The molecule has 3 N–H and O–H groups in total. The zero-order chi connectivity index (χ0) is 11.0. The lowest BCUT2D eigenvalue weighted by atomic mass is 10.1. The summed E-state index contributed by atoms with van der Waals surface area (Å²) in [5.74, 6) is 0. The minimum absolute atomic E-state index is 0.139. The zero-order valence-corrected chi connectivity index (χ0v) is 8.81. The highest BCUT2D eigenvalue weighted by molar-refractivity contribution is 7.53. The average Bonchev–Trinajstić information content (AvgIpc) is 2.02. The molecule has 84 valence electrons. The number of alkyl halides is 3. The Morgan fingerprint density at radius 1 is 1.50 bits per heavy atom. The molecule has 1 rings (SSSR count). The fourth-order valence-corrected chi connectivity index (χ4v) is 2.23. The van der Waals surface area contributed by atoms with Gasteiger partial charge in [-0.15, -0.1) is 11.6 Å². The van der Waals surface area contributed by atoms with Gasteiger partial charge in [0.05, 0.1) is 6.04 Å². The third-order valence-corrected chi connectivity index (χ3v) is 3.63. The summed E-state index contributed by atoms with van der Waals surface area (Å²) in [5.41, 5.74) is -4.04. The van der Waals surface area contributed by atoms with E-state index in [9.17, 15) is 13.3 Å². The van der Waals surface area contributed by atoms with Gasteiger partial charge in [-0.2, -0.15) is 8.78 Å². The van der Waals surface area contributed by atoms with Crippen LogP contribution in [0.1, 0.15) is 12.8 Å². The van der Waals surface area contributed by atoms with E-state index in [-0.39, 0.29) is 13.0 Å². The largest absolute Gasteiger partial charge is 0.396 e. The topological polar surface area (TPSA) is 69.6 Å². The summed E-state index contributed by atoms with van der Waals surface area (Å²) in [6, 6.07) is -1.54. The molecule has 0 spiro atoms. The molecule has 0 aromatic heterocycles. The Labute approximate surface area is 84.8 Å². The normalized spacial score (nSPS) is 30.4. The molecule has 0 saturated carbocycles. The van der Waals surface area contributed by atoms with E-state index in [0.717, 1.165) is 0 Å². The van der Waals surface area contributed by atoms with Crippen molar-refractivity contribution in [1.82, 2.24) is 5.32 Å². The predicted octanol–water partition coefficient (Wildman–Crippen LogP) is 1.12. The number of rotatable bonds is 2. The maximum atomic E-state index is 13.1. The lowest BCUT2D eigenvalue weighted by Gasteiger charge is -2.33. The molecule has 0 radical (unpaired) electrons. The molecule has 14 heavy (non-hydrogen) atoms. The molecular weight excluding hydrogens is 238 g/mol. The summed E-state index contributed by atoms with van der Waals surface area (Å²) in [6.07, 6.45) is 0.384. The van der Waals surface area contributed by atoms with Crippen LogP contribution in [0.25, 0.3) is 0 Å². The van der Waals surface area contributed by atoms with E-state index in [1.165, 1.54) is 0 Å². The molecule has 0 amide bonds. The molecule has 1 fully saturated rings. The Morgan fingerprint density at radius 3 is 2.50 bits per heavy atom. The quantitative estimate of drug-likeness (QED) is 0.507. The highest BCUT2D eigenvalue weighted by Crippen LogP contribution is 2.55. The van der Waals surface area contributed by atoms with E-state index >= 15 is 0 Å². The first kappa shape index (κ1) is 12.3. The molecule has 1 heterocycles. The molecule has 1 aliphatic heterocycles. The second-order valence-electron chi connectivity index (χ2n) is 3.26. The Kier molecular flexibility index (Phi) is 3.54. The molecule has 0 aromatic rings. The first-order chi connectivity index (χ1) is 6.25. The van der Waals surface area contributed by atoms with Gasteiger partial charge in [0.25, 0.3) is 0 Å². The minimum atomic E-state index is -5.42.